The molecule has 414 valence electrons. The number of aliphatic hydroxyl groups excluding tert-OH is 2. The van der Waals surface area contributed by atoms with Crippen molar-refractivity contribution in [1.82, 2.24) is 0 Å². The smallest absolute Gasteiger partial charge is 0.352 e. The maximum absolute atomic E-state index is 11.9. The van der Waals surface area contributed by atoms with E-state index in [-0.39, 0.29) is 22.5 Å². The average molecular weight is 1180 g/mol. The Bertz CT molecular complexity index is 4010. The monoisotopic (exact) mass is 1180 g/mol. The molecule has 0 saturated heterocycles. The molecule has 0 saturated carbocycles. The number of hydrogen-bond donors (Lipinski definition) is 2. The van der Waals surface area contributed by atoms with Crippen LogP contribution >= 0.6 is 15.9 Å². The number of ether oxygens (including phenoxy) is 4. The summed E-state index contributed by atoms with van der Waals surface area (Å²) in [6.07, 6.45) is 8.42. The predicted molar refractivity (Wildman–Crippen MR) is 323 cm³/mol. The quantitative estimate of drug-likeness (QED) is 0.0952. The molecule has 15 nitrogen and oxygen atoms in total. The van der Waals surface area contributed by atoms with E-state index in [4.69, 9.17) is 53.3 Å². The molecule has 0 amide bonds. The minimum Gasteiger partial charge on any atom is -0.497 e. The summed E-state index contributed by atoms with van der Waals surface area (Å²) in [5.41, 5.74) is 6.77. The van der Waals surface area contributed by atoms with Crippen molar-refractivity contribution in [1.29, 1.82) is 0 Å². The summed E-state index contributed by atoms with van der Waals surface area (Å²) in [4.78, 5) is 57.1. The summed E-state index contributed by atoms with van der Waals surface area (Å²) in [6, 6.07) is 27.8. The average Bonchev–Trinajstić information content (AvgIpc) is 3.42. The molecule has 0 bridgehead atoms. The SMILES string of the molecule is C#CC(C)O.C#C[Si](C)(C)C.COc1ccc2cc(Br)c(=O)oc2c1.COc1ccc2cc(C#CC(C)=O)c(=O)oc2c1.COc1ccc2cc(C#CC(C)O)c(=O)oc2c1.COc1ccc2cc(C#C[Si](C)(C)C)c(=O)oc2c1. The third-order valence-electron chi connectivity index (χ3n) is 9.77. The molecule has 18 heteroatoms. The highest BCUT2D eigenvalue weighted by Gasteiger charge is 2.11. The molecular formula is C62H61BrO15Si2. The molecule has 0 radical (unpaired) electrons. The summed E-state index contributed by atoms with van der Waals surface area (Å²) in [5.74, 6) is 17.2. The number of rotatable bonds is 4. The van der Waals surface area contributed by atoms with Gasteiger partial charge in [-0.05, 0) is 108 Å². The Kier molecular flexibility index (Phi) is 25.4. The van der Waals surface area contributed by atoms with Crippen molar-refractivity contribution in [3.8, 4) is 82.5 Å². The second-order valence-corrected chi connectivity index (χ2v) is 29.2. The molecule has 0 aliphatic rings. The van der Waals surface area contributed by atoms with Crippen molar-refractivity contribution in [2.24, 2.45) is 0 Å². The van der Waals surface area contributed by atoms with Gasteiger partial charge in [0.15, 0.2) is 0 Å². The van der Waals surface area contributed by atoms with Gasteiger partial charge in [0, 0.05) is 52.7 Å². The van der Waals surface area contributed by atoms with E-state index >= 15 is 0 Å². The van der Waals surface area contributed by atoms with Crippen molar-refractivity contribution in [3.05, 3.63) is 160 Å². The molecule has 2 N–H and O–H groups in total. The lowest BCUT2D eigenvalue weighted by Gasteiger charge is -2.04. The largest absolute Gasteiger partial charge is 0.497 e. The fourth-order valence-corrected chi connectivity index (χ4v) is 6.54. The maximum Gasteiger partial charge on any atom is 0.352 e. The van der Waals surface area contributed by atoms with Crippen LogP contribution in [0.25, 0.3) is 43.9 Å². The molecule has 0 aliphatic heterocycles. The molecule has 0 aliphatic carbocycles. The van der Waals surface area contributed by atoms with Crippen LogP contribution in [0.2, 0.25) is 39.3 Å². The highest BCUT2D eigenvalue weighted by Crippen LogP contribution is 2.24. The van der Waals surface area contributed by atoms with Crippen LogP contribution < -0.4 is 41.4 Å². The topological polar surface area (TPSA) is 215 Å². The zero-order chi connectivity index (χ0) is 59.9. The lowest BCUT2D eigenvalue weighted by molar-refractivity contribution is -0.111. The molecule has 0 fully saturated rings. The molecule has 0 spiro atoms. The van der Waals surface area contributed by atoms with Gasteiger partial charge >= 0.3 is 22.5 Å². The number of ketones is 1. The normalized spacial score (nSPS) is 10.8. The van der Waals surface area contributed by atoms with Crippen molar-refractivity contribution in [3.63, 3.8) is 0 Å². The lowest BCUT2D eigenvalue weighted by atomic mass is 10.2. The minimum atomic E-state index is -1.51. The van der Waals surface area contributed by atoms with E-state index in [1.807, 2.05) is 24.3 Å². The summed E-state index contributed by atoms with van der Waals surface area (Å²) >= 11 is 3.11. The number of Topliss-reactive ketones (excluding diaryl/α,β-unsaturated/α-hetero) is 1. The molecule has 8 rings (SSSR count). The number of methoxy groups -OCH3 is 4. The Balaban J connectivity index is 0.000000264. The Morgan fingerprint density at radius 3 is 1.11 bits per heavy atom. The number of hydrogen-bond acceptors (Lipinski definition) is 15. The van der Waals surface area contributed by atoms with Gasteiger partial charge in [-0.15, -0.1) is 23.9 Å². The zero-order valence-corrected chi connectivity index (χ0v) is 50.2. The third-order valence-corrected chi connectivity index (χ3v) is 12.1. The Morgan fingerprint density at radius 2 is 0.825 bits per heavy atom. The summed E-state index contributed by atoms with van der Waals surface area (Å²) in [7, 11) is 3.61. The van der Waals surface area contributed by atoms with E-state index in [0.29, 0.717) is 55.4 Å². The predicted octanol–water partition coefficient (Wildman–Crippen LogP) is 10.4. The number of aliphatic hydroxyl groups is 2. The fraction of sp³-hybridized carbons (Fsp3) is 0.242. The van der Waals surface area contributed by atoms with E-state index in [1.165, 1.54) is 21.0 Å². The minimum absolute atomic E-state index is 0.169. The van der Waals surface area contributed by atoms with Crippen LogP contribution in [0.5, 0.6) is 23.0 Å². The third kappa shape index (κ3) is 22.3. The number of halogens is 1. The Labute approximate surface area is 474 Å². The van der Waals surface area contributed by atoms with Gasteiger partial charge in [0.1, 0.15) is 94.8 Å². The van der Waals surface area contributed by atoms with Crippen molar-refractivity contribution < 1.29 is 51.6 Å². The van der Waals surface area contributed by atoms with Gasteiger partial charge in [0.25, 0.3) is 0 Å². The van der Waals surface area contributed by atoms with Crippen LogP contribution in [0.15, 0.2) is 138 Å². The summed E-state index contributed by atoms with van der Waals surface area (Å²) in [5, 5.41) is 20.4. The highest BCUT2D eigenvalue weighted by atomic mass is 79.9. The van der Waals surface area contributed by atoms with Crippen LogP contribution in [0.1, 0.15) is 37.5 Å². The number of carbonyl (C=O) groups is 1. The Hall–Kier alpha value is -8.78. The number of carbonyl (C=O) groups excluding carboxylic acids is 1. The van der Waals surface area contributed by atoms with Gasteiger partial charge in [-0.1, -0.05) is 68.9 Å². The summed E-state index contributed by atoms with van der Waals surface area (Å²) < 4.78 is 41.2. The first-order valence-electron chi connectivity index (χ1n) is 24.1. The number of fused-ring (bicyclic) bond motifs is 4. The Morgan fingerprint density at radius 1 is 0.512 bits per heavy atom. The van der Waals surface area contributed by atoms with Gasteiger partial charge in [-0.3, -0.25) is 4.79 Å². The second kappa shape index (κ2) is 31.0. The molecule has 4 aromatic carbocycles. The first kappa shape index (κ1) is 65.5. The lowest BCUT2D eigenvalue weighted by Crippen LogP contribution is -2.17. The van der Waals surface area contributed by atoms with Crippen LogP contribution in [-0.4, -0.2) is 72.8 Å². The highest BCUT2D eigenvalue weighted by molar-refractivity contribution is 9.10. The van der Waals surface area contributed by atoms with Gasteiger partial charge < -0.3 is 46.8 Å². The molecule has 80 heavy (non-hydrogen) atoms. The summed E-state index contributed by atoms with van der Waals surface area (Å²) in [6.45, 7) is 17.2. The first-order chi connectivity index (χ1) is 37.6. The van der Waals surface area contributed by atoms with E-state index in [9.17, 15) is 24.0 Å². The molecule has 4 heterocycles. The van der Waals surface area contributed by atoms with E-state index in [2.05, 4.69) is 108 Å². The van der Waals surface area contributed by atoms with Crippen molar-refractivity contribution >= 4 is 81.7 Å². The fourth-order valence-electron chi connectivity index (χ4n) is 5.70. The molecule has 4 aromatic heterocycles. The van der Waals surface area contributed by atoms with E-state index in [1.54, 1.807) is 101 Å². The van der Waals surface area contributed by atoms with Gasteiger partial charge in [-0.25, -0.2) is 19.2 Å². The van der Waals surface area contributed by atoms with Crippen LogP contribution in [0.4, 0.5) is 0 Å². The zero-order valence-electron chi connectivity index (χ0n) is 46.6. The molecule has 2 atom stereocenters. The van der Waals surface area contributed by atoms with Crippen LogP contribution in [-0.2, 0) is 4.79 Å². The van der Waals surface area contributed by atoms with Crippen molar-refractivity contribution in [2.45, 2.75) is 72.3 Å². The first-order valence-corrected chi connectivity index (χ1v) is 31.9. The van der Waals surface area contributed by atoms with Gasteiger partial charge in [0.05, 0.1) is 28.4 Å². The maximum atomic E-state index is 11.9. The van der Waals surface area contributed by atoms with Crippen LogP contribution in [0, 0.1) is 59.5 Å². The molecule has 2 unspecified atom stereocenters. The van der Waals surface area contributed by atoms with E-state index in [0.717, 1.165) is 21.5 Å². The van der Waals surface area contributed by atoms with E-state index < -0.39 is 45.2 Å². The standard InChI is InChI=1S/C15H16O3Si.C14H12O4.C14H10O4.C10H7BrO3.C5H10Si.C4H6O/c1-17-13-6-5-11-9-12(7-8-19(2,3)4)15(16)18-14(11)10-13;2*1-9(15)3-4-11-7-10-5-6-12(17-2)8-13(10)18-14(11)16;1-13-7-3-2-6-4-8(11)10(12)14-9(6)5-7;1-5-6(2,3)4;1-3-4(2)5/h5-6,9-10H,1-4H3;5-9,15H,1-2H3;5-8H,1-2H3;2-5H,1H3;1H,2-4H3;1,4-5H,2H3. The number of benzene rings is 4. The van der Waals surface area contributed by atoms with Crippen molar-refractivity contribution in [2.75, 3.05) is 28.4 Å². The van der Waals surface area contributed by atoms with Crippen LogP contribution in [0.3, 0.4) is 0 Å². The van der Waals surface area contributed by atoms with Gasteiger partial charge in [-0.2, -0.15) is 0 Å². The van der Waals surface area contributed by atoms with Gasteiger partial charge in [0.2, 0.25) is 5.78 Å². The molecular weight excluding hydrogens is 1120 g/mol. The number of terminal acetylenes is 2. The second-order valence-electron chi connectivity index (χ2n) is 18.8. The molecule has 8 aromatic rings.